The van der Waals surface area contributed by atoms with Crippen LogP contribution in [0.4, 0.5) is 0 Å². The summed E-state index contributed by atoms with van der Waals surface area (Å²) >= 11 is 1.55. The number of rotatable bonds is 6. The van der Waals surface area contributed by atoms with Gasteiger partial charge in [-0.25, -0.2) is 0 Å². The normalized spacial score (nSPS) is 16.6. The molecule has 6 nitrogen and oxygen atoms in total. The lowest BCUT2D eigenvalue weighted by Gasteiger charge is -2.36. The second kappa shape index (κ2) is 8.62. The Bertz CT molecular complexity index is 780. The van der Waals surface area contributed by atoms with Gasteiger partial charge in [-0.2, -0.15) is 0 Å². The van der Waals surface area contributed by atoms with Gasteiger partial charge in [-0.15, -0.1) is 11.3 Å². The molecule has 1 fully saturated rings. The Morgan fingerprint density at radius 2 is 2.08 bits per heavy atom. The summed E-state index contributed by atoms with van der Waals surface area (Å²) in [5.41, 5.74) is 0.519. The van der Waals surface area contributed by atoms with E-state index in [2.05, 4.69) is 29.0 Å². The molecule has 1 atom stereocenters. The number of carbonyl (C=O) groups excluding carboxylic acids is 1. The molecular formula is C19H25N3O3S. The molecule has 2 aromatic rings. The Morgan fingerprint density at radius 3 is 2.69 bits per heavy atom. The van der Waals surface area contributed by atoms with Gasteiger partial charge in [-0.3, -0.25) is 14.5 Å². The van der Waals surface area contributed by atoms with E-state index in [1.165, 1.54) is 0 Å². The van der Waals surface area contributed by atoms with Crippen molar-refractivity contribution in [1.82, 2.24) is 15.2 Å². The van der Waals surface area contributed by atoms with Crippen LogP contribution in [-0.4, -0.2) is 54.7 Å². The van der Waals surface area contributed by atoms with Crippen molar-refractivity contribution in [2.45, 2.75) is 19.9 Å². The number of hydrogen-bond acceptors (Lipinski definition) is 5. The van der Waals surface area contributed by atoms with Crippen LogP contribution in [0.5, 0.6) is 0 Å². The number of morpholine rings is 1. The Kier molecular flexibility index (Phi) is 6.24. The third-order valence-corrected chi connectivity index (χ3v) is 5.60. The quantitative estimate of drug-likeness (QED) is 0.812. The van der Waals surface area contributed by atoms with Crippen molar-refractivity contribution < 1.29 is 9.53 Å². The standard InChI is InChI=1S/C19H25N3O3S/c1-13(2)16(22-7-9-25-10-8-22)12-20-18(23)14-5-6-15(21-19(14)24)17-4-3-11-26-17/h3-6,11,13,16H,7-10,12H2,1-2H3,(H,20,23)(H,21,24). The molecule has 1 saturated heterocycles. The number of H-pyrrole nitrogens is 1. The van der Waals surface area contributed by atoms with Gasteiger partial charge >= 0.3 is 0 Å². The van der Waals surface area contributed by atoms with Crippen LogP contribution in [0.1, 0.15) is 24.2 Å². The molecule has 2 aromatic heterocycles. The number of aromatic amines is 1. The average molecular weight is 375 g/mol. The molecule has 0 spiro atoms. The maximum atomic E-state index is 12.5. The smallest absolute Gasteiger partial charge is 0.261 e. The monoisotopic (exact) mass is 375 g/mol. The van der Waals surface area contributed by atoms with E-state index in [-0.39, 0.29) is 23.1 Å². The van der Waals surface area contributed by atoms with Crippen molar-refractivity contribution in [2.24, 2.45) is 5.92 Å². The number of thiophene rings is 1. The number of nitrogens with zero attached hydrogens (tertiary/aromatic N) is 1. The van der Waals surface area contributed by atoms with Crippen LogP contribution in [0.25, 0.3) is 10.6 Å². The highest BCUT2D eigenvalue weighted by Crippen LogP contribution is 2.21. The van der Waals surface area contributed by atoms with Crippen molar-refractivity contribution in [2.75, 3.05) is 32.8 Å². The third-order valence-electron chi connectivity index (χ3n) is 4.70. The molecule has 3 heterocycles. The first-order chi connectivity index (χ1) is 12.6. The Hall–Kier alpha value is -1.96. The van der Waals surface area contributed by atoms with Gasteiger partial charge < -0.3 is 15.0 Å². The second-order valence-electron chi connectivity index (χ2n) is 6.76. The predicted molar refractivity (Wildman–Crippen MR) is 104 cm³/mol. The van der Waals surface area contributed by atoms with Crippen molar-refractivity contribution in [3.63, 3.8) is 0 Å². The van der Waals surface area contributed by atoms with Crippen LogP contribution in [-0.2, 0) is 4.74 Å². The summed E-state index contributed by atoms with van der Waals surface area (Å²) < 4.78 is 5.41. The molecule has 1 unspecified atom stereocenters. The van der Waals surface area contributed by atoms with E-state index in [1.54, 1.807) is 23.5 Å². The molecule has 26 heavy (non-hydrogen) atoms. The van der Waals surface area contributed by atoms with E-state index >= 15 is 0 Å². The Labute approximate surface area is 157 Å². The highest BCUT2D eigenvalue weighted by atomic mass is 32.1. The van der Waals surface area contributed by atoms with Crippen molar-refractivity contribution in [3.05, 3.63) is 45.6 Å². The average Bonchev–Trinajstić information content (AvgIpc) is 3.17. The molecule has 0 aliphatic carbocycles. The van der Waals surface area contributed by atoms with Gasteiger partial charge in [-0.1, -0.05) is 19.9 Å². The van der Waals surface area contributed by atoms with Gasteiger partial charge in [-0.05, 0) is 29.5 Å². The minimum atomic E-state index is -0.360. The topological polar surface area (TPSA) is 74.4 Å². The maximum Gasteiger partial charge on any atom is 0.261 e. The summed E-state index contributed by atoms with van der Waals surface area (Å²) in [7, 11) is 0. The van der Waals surface area contributed by atoms with Gasteiger partial charge in [0.1, 0.15) is 5.56 Å². The van der Waals surface area contributed by atoms with Gasteiger partial charge in [0.25, 0.3) is 11.5 Å². The number of nitrogens with one attached hydrogen (secondary N) is 2. The van der Waals surface area contributed by atoms with E-state index in [0.717, 1.165) is 36.9 Å². The zero-order valence-corrected chi connectivity index (χ0v) is 16.0. The number of hydrogen-bond donors (Lipinski definition) is 2. The molecule has 3 rings (SSSR count). The number of ether oxygens (including phenoxy) is 1. The highest BCUT2D eigenvalue weighted by Gasteiger charge is 2.24. The van der Waals surface area contributed by atoms with E-state index in [9.17, 15) is 9.59 Å². The lowest BCUT2D eigenvalue weighted by Crippen LogP contribution is -2.51. The van der Waals surface area contributed by atoms with Crippen LogP contribution in [0.3, 0.4) is 0 Å². The number of aromatic nitrogens is 1. The predicted octanol–water partition coefficient (Wildman–Crippen LogP) is 2.19. The first-order valence-corrected chi connectivity index (χ1v) is 9.81. The molecule has 0 aromatic carbocycles. The fourth-order valence-electron chi connectivity index (χ4n) is 3.22. The number of amides is 1. The van der Waals surface area contributed by atoms with Crippen LogP contribution in [0.2, 0.25) is 0 Å². The summed E-state index contributed by atoms with van der Waals surface area (Å²) in [4.78, 5) is 30.9. The van der Waals surface area contributed by atoms with E-state index < -0.39 is 0 Å². The van der Waals surface area contributed by atoms with Crippen molar-refractivity contribution in [1.29, 1.82) is 0 Å². The summed E-state index contributed by atoms with van der Waals surface area (Å²) in [5, 5.41) is 4.88. The molecule has 2 N–H and O–H groups in total. The van der Waals surface area contributed by atoms with E-state index in [4.69, 9.17) is 4.74 Å². The molecule has 0 saturated carbocycles. The molecular weight excluding hydrogens is 350 g/mol. The fourth-order valence-corrected chi connectivity index (χ4v) is 3.92. The first kappa shape index (κ1) is 18.8. The Balaban J connectivity index is 1.66. The van der Waals surface area contributed by atoms with Crippen molar-refractivity contribution >= 4 is 17.2 Å². The highest BCUT2D eigenvalue weighted by molar-refractivity contribution is 7.13. The van der Waals surface area contributed by atoms with Crippen LogP contribution in [0, 0.1) is 5.92 Å². The molecule has 1 aliphatic rings. The van der Waals surface area contributed by atoms with Gasteiger partial charge in [0, 0.05) is 25.7 Å². The molecule has 7 heteroatoms. The minimum absolute atomic E-state index is 0.148. The molecule has 0 radical (unpaired) electrons. The summed E-state index contributed by atoms with van der Waals surface area (Å²) in [6, 6.07) is 7.47. The van der Waals surface area contributed by atoms with Crippen LogP contribution >= 0.6 is 11.3 Å². The van der Waals surface area contributed by atoms with E-state index in [0.29, 0.717) is 12.5 Å². The molecule has 1 aliphatic heterocycles. The maximum absolute atomic E-state index is 12.5. The van der Waals surface area contributed by atoms with E-state index in [1.807, 2.05) is 17.5 Å². The largest absolute Gasteiger partial charge is 0.379 e. The zero-order valence-electron chi connectivity index (χ0n) is 15.2. The van der Waals surface area contributed by atoms with Gasteiger partial charge in [0.15, 0.2) is 0 Å². The number of pyridine rings is 1. The molecule has 0 bridgehead atoms. The number of carbonyl (C=O) groups is 1. The summed E-state index contributed by atoms with van der Waals surface area (Å²) in [6.07, 6.45) is 0. The Morgan fingerprint density at radius 1 is 1.31 bits per heavy atom. The van der Waals surface area contributed by atoms with Gasteiger partial charge in [0.05, 0.1) is 23.8 Å². The minimum Gasteiger partial charge on any atom is -0.379 e. The first-order valence-electron chi connectivity index (χ1n) is 8.93. The summed E-state index contributed by atoms with van der Waals surface area (Å²) in [5.74, 6) is 0.0655. The summed E-state index contributed by atoms with van der Waals surface area (Å²) in [6.45, 7) is 8.00. The lowest BCUT2D eigenvalue weighted by atomic mass is 10.0. The van der Waals surface area contributed by atoms with Crippen LogP contribution in [0.15, 0.2) is 34.4 Å². The van der Waals surface area contributed by atoms with Crippen LogP contribution < -0.4 is 10.9 Å². The molecule has 140 valence electrons. The van der Waals surface area contributed by atoms with Crippen molar-refractivity contribution in [3.8, 4) is 10.6 Å². The fraction of sp³-hybridized carbons (Fsp3) is 0.474. The molecule has 1 amide bonds. The SMILES string of the molecule is CC(C)C(CNC(=O)c1ccc(-c2cccs2)[nH]c1=O)N1CCOCC1. The second-order valence-corrected chi connectivity index (χ2v) is 7.71. The third kappa shape index (κ3) is 4.41. The zero-order chi connectivity index (χ0) is 18.5. The van der Waals surface area contributed by atoms with Gasteiger partial charge in [0.2, 0.25) is 0 Å². The lowest BCUT2D eigenvalue weighted by molar-refractivity contribution is 0.00672.